The van der Waals surface area contributed by atoms with Gasteiger partial charge in [0.05, 0.1) is 47.6 Å². The topological polar surface area (TPSA) is 176 Å². The predicted octanol–water partition coefficient (Wildman–Crippen LogP) is 15.4. The first kappa shape index (κ1) is 61.9. The van der Waals surface area contributed by atoms with E-state index in [-0.39, 0.29) is 44.9 Å². The van der Waals surface area contributed by atoms with Gasteiger partial charge in [-0.15, -0.1) is 0 Å². The highest BCUT2D eigenvalue weighted by Gasteiger charge is 2.31. The standard InChI is InChI=1S/C74H66O14/c1-71(2,55-39-43-59(44-40-55)83-65(75)47-19-21-49(22-20-47)67(77)85-63-17-13-11-15-61(63)81-9)53-31-35-57(36-32-53)73(5,6)87-69(79)51-27-23-48(24-28-51)66(76)84-60-45-41-56(42-46-60)72(3,4)54-33-37-58(38-34-54)74(7,8)88-70(80)52-29-25-50(26-30-52)68(78)86-64-18-14-12-16-62(64)82-10/h11-46H,1-10H3. The molecule has 0 saturated heterocycles. The highest BCUT2D eigenvalue weighted by Crippen LogP contribution is 2.38. The fourth-order valence-corrected chi connectivity index (χ4v) is 9.77. The number of ether oxygens (including phenoxy) is 8. The SMILES string of the molecule is COc1ccccc1OC(=O)c1ccc(C(=O)Oc2ccc(C(C)(C)c3ccc(C(C)(C)OC(=O)c4ccc(C(=O)Oc5ccc(C(C)(C)c6ccc(C(C)(C)OC(=O)c7ccc(C(=O)Oc8ccccc8OC)cc7)cc6)cc5)cc4)cc3)cc2)cc1. The highest BCUT2D eigenvalue weighted by atomic mass is 16.6. The Kier molecular flexibility index (Phi) is 18.3. The average molecular weight is 1180 g/mol. The van der Waals surface area contributed by atoms with E-state index in [1.807, 2.05) is 100 Å². The Morgan fingerprint density at radius 1 is 0.250 bits per heavy atom. The molecule has 0 radical (unpaired) electrons. The zero-order valence-corrected chi connectivity index (χ0v) is 50.5. The Hall–Kier alpha value is -10.6. The number of esters is 6. The van der Waals surface area contributed by atoms with Crippen LogP contribution in [0.1, 0.15) is 151 Å². The van der Waals surface area contributed by atoms with Crippen LogP contribution >= 0.6 is 0 Å². The maximum absolute atomic E-state index is 13.5. The Morgan fingerprint density at radius 3 is 0.727 bits per heavy atom. The van der Waals surface area contributed by atoms with Crippen molar-refractivity contribution >= 4 is 35.8 Å². The number of benzene rings is 9. The van der Waals surface area contributed by atoms with Crippen LogP contribution in [0.2, 0.25) is 0 Å². The summed E-state index contributed by atoms with van der Waals surface area (Å²) in [6.07, 6.45) is 0. The van der Waals surface area contributed by atoms with Gasteiger partial charge in [-0.3, -0.25) is 0 Å². The van der Waals surface area contributed by atoms with Crippen LogP contribution in [-0.2, 0) is 31.5 Å². The molecule has 0 heterocycles. The summed E-state index contributed by atoms with van der Waals surface area (Å²) < 4.78 is 44.9. The van der Waals surface area contributed by atoms with Gasteiger partial charge in [-0.1, -0.05) is 125 Å². The summed E-state index contributed by atoms with van der Waals surface area (Å²) in [5.74, 6) is -1.39. The molecule has 0 aliphatic heterocycles. The van der Waals surface area contributed by atoms with E-state index in [0.717, 1.165) is 33.4 Å². The molecule has 0 aliphatic carbocycles. The maximum Gasteiger partial charge on any atom is 0.343 e. The summed E-state index contributed by atoms with van der Waals surface area (Å²) in [6, 6.07) is 62.0. The molecule has 0 bridgehead atoms. The molecule has 0 atom stereocenters. The lowest BCUT2D eigenvalue weighted by Gasteiger charge is -2.29. The zero-order valence-electron chi connectivity index (χ0n) is 50.5. The van der Waals surface area contributed by atoms with E-state index >= 15 is 0 Å². The molecule has 9 aromatic carbocycles. The molecule has 14 heteroatoms. The number of rotatable bonds is 20. The molecular formula is C74H66O14. The van der Waals surface area contributed by atoms with E-state index in [1.54, 1.807) is 72.8 Å². The molecule has 0 saturated carbocycles. The van der Waals surface area contributed by atoms with Crippen LogP contribution in [0.5, 0.6) is 34.5 Å². The third-order valence-corrected chi connectivity index (χ3v) is 15.5. The van der Waals surface area contributed by atoms with Gasteiger partial charge >= 0.3 is 35.8 Å². The normalized spacial score (nSPS) is 11.6. The summed E-state index contributed by atoms with van der Waals surface area (Å²) in [6.45, 7) is 15.6. The molecule has 0 spiro atoms. The summed E-state index contributed by atoms with van der Waals surface area (Å²) in [4.78, 5) is 78.8. The van der Waals surface area contributed by atoms with Gasteiger partial charge < -0.3 is 37.9 Å². The zero-order chi connectivity index (χ0) is 63.0. The molecule has 0 aromatic heterocycles. The van der Waals surface area contributed by atoms with Gasteiger partial charge in [-0.25, -0.2) is 28.8 Å². The van der Waals surface area contributed by atoms with Crippen molar-refractivity contribution in [1.29, 1.82) is 0 Å². The largest absolute Gasteiger partial charge is 0.493 e. The van der Waals surface area contributed by atoms with Crippen LogP contribution in [0.25, 0.3) is 0 Å². The second kappa shape index (κ2) is 25.9. The van der Waals surface area contributed by atoms with E-state index in [0.29, 0.717) is 23.0 Å². The number of para-hydroxylation sites is 4. The molecule has 446 valence electrons. The molecule has 0 aliphatic rings. The van der Waals surface area contributed by atoms with Crippen LogP contribution in [0, 0.1) is 0 Å². The molecule has 0 amide bonds. The van der Waals surface area contributed by atoms with Crippen LogP contribution < -0.4 is 28.4 Å². The lowest BCUT2D eigenvalue weighted by atomic mass is 9.77. The molecule has 0 N–H and O–H groups in total. The highest BCUT2D eigenvalue weighted by molar-refractivity contribution is 5.96. The number of carbonyl (C=O) groups is 6. The Morgan fingerprint density at radius 2 is 0.466 bits per heavy atom. The van der Waals surface area contributed by atoms with Gasteiger partial charge in [-0.2, -0.15) is 0 Å². The van der Waals surface area contributed by atoms with E-state index < -0.39 is 57.8 Å². The Labute approximate surface area is 511 Å². The minimum Gasteiger partial charge on any atom is -0.493 e. The first-order valence-corrected chi connectivity index (χ1v) is 28.3. The summed E-state index contributed by atoms with van der Waals surface area (Å²) in [5, 5.41) is 0. The lowest BCUT2D eigenvalue weighted by molar-refractivity contribution is -0.00421. The molecule has 0 fully saturated rings. The van der Waals surface area contributed by atoms with E-state index in [9.17, 15) is 28.8 Å². The Bertz CT molecular complexity index is 3990. The maximum atomic E-state index is 13.5. The number of hydrogen-bond acceptors (Lipinski definition) is 14. The lowest BCUT2D eigenvalue weighted by Crippen LogP contribution is -2.26. The first-order chi connectivity index (χ1) is 41.9. The quantitative estimate of drug-likeness (QED) is 0.0520. The third kappa shape index (κ3) is 14.2. The van der Waals surface area contributed by atoms with Crippen LogP contribution in [0.15, 0.2) is 218 Å². The molecule has 0 unspecified atom stereocenters. The fraction of sp³-hybridized carbons (Fsp3) is 0.189. The van der Waals surface area contributed by atoms with Gasteiger partial charge in [0.25, 0.3) is 0 Å². The first-order valence-electron chi connectivity index (χ1n) is 28.3. The van der Waals surface area contributed by atoms with Crippen molar-refractivity contribution in [1.82, 2.24) is 0 Å². The van der Waals surface area contributed by atoms with E-state index in [2.05, 4.69) is 27.7 Å². The van der Waals surface area contributed by atoms with Crippen molar-refractivity contribution in [2.45, 2.75) is 77.4 Å². The van der Waals surface area contributed by atoms with Crippen molar-refractivity contribution in [3.8, 4) is 34.5 Å². The van der Waals surface area contributed by atoms with Gasteiger partial charge in [0, 0.05) is 10.8 Å². The van der Waals surface area contributed by atoms with Crippen LogP contribution in [0.4, 0.5) is 0 Å². The summed E-state index contributed by atoms with van der Waals surface area (Å²) in [7, 11) is 2.98. The minimum absolute atomic E-state index is 0.248. The number of methoxy groups -OCH3 is 2. The number of carbonyl (C=O) groups excluding carboxylic acids is 6. The van der Waals surface area contributed by atoms with E-state index in [4.69, 9.17) is 37.9 Å². The molecule has 14 nitrogen and oxygen atoms in total. The number of hydrogen-bond donors (Lipinski definition) is 0. The van der Waals surface area contributed by atoms with Crippen LogP contribution in [0.3, 0.4) is 0 Å². The second-order valence-electron chi connectivity index (χ2n) is 22.8. The smallest absolute Gasteiger partial charge is 0.343 e. The average Bonchev–Trinajstić information content (AvgIpc) is 1.25. The van der Waals surface area contributed by atoms with Gasteiger partial charge in [0.15, 0.2) is 23.0 Å². The van der Waals surface area contributed by atoms with Gasteiger partial charge in [0.2, 0.25) is 0 Å². The molecule has 9 rings (SSSR count). The third-order valence-electron chi connectivity index (χ3n) is 15.5. The molecular weight excluding hydrogens is 1110 g/mol. The van der Waals surface area contributed by atoms with Gasteiger partial charge in [0.1, 0.15) is 22.7 Å². The summed E-state index contributed by atoms with van der Waals surface area (Å²) in [5.41, 5.74) is 4.09. The van der Waals surface area contributed by atoms with Crippen molar-refractivity contribution in [3.05, 3.63) is 285 Å². The monoisotopic (exact) mass is 1180 g/mol. The molecule has 88 heavy (non-hydrogen) atoms. The predicted molar refractivity (Wildman–Crippen MR) is 332 cm³/mol. The minimum atomic E-state index is -1.02. The molecule has 9 aromatic rings. The van der Waals surface area contributed by atoms with Crippen molar-refractivity contribution in [2.24, 2.45) is 0 Å². The van der Waals surface area contributed by atoms with Crippen molar-refractivity contribution < 1.29 is 66.7 Å². The summed E-state index contributed by atoms with van der Waals surface area (Å²) >= 11 is 0. The van der Waals surface area contributed by atoms with Crippen molar-refractivity contribution in [3.63, 3.8) is 0 Å². The van der Waals surface area contributed by atoms with E-state index in [1.165, 1.54) is 87.0 Å². The Balaban J connectivity index is 0.737. The fourth-order valence-electron chi connectivity index (χ4n) is 9.77. The van der Waals surface area contributed by atoms with Crippen molar-refractivity contribution in [2.75, 3.05) is 14.2 Å². The second-order valence-corrected chi connectivity index (χ2v) is 22.8. The van der Waals surface area contributed by atoms with Crippen LogP contribution in [-0.4, -0.2) is 50.0 Å². The van der Waals surface area contributed by atoms with Gasteiger partial charge in [-0.05, 0) is 182 Å².